The van der Waals surface area contributed by atoms with Crippen molar-refractivity contribution in [3.05, 3.63) is 38.9 Å². The molecule has 1 aliphatic rings. The Hall–Kier alpha value is -1.41. The molecule has 0 aromatic heterocycles. The fraction of sp³-hybridized carbons (Fsp3) is 0.417. The average Bonchev–Trinajstić information content (AvgIpc) is 2.81. The molecule has 3 N–H and O–H groups in total. The Bertz CT molecular complexity index is 541. The topological polar surface area (TPSA) is 104 Å². The molecule has 9 heteroatoms. The maximum absolute atomic E-state index is 12.0. The Morgan fingerprint density at radius 3 is 2.81 bits per heavy atom. The number of aliphatic hydroxyl groups is 1. The number of aliphatic hydroxyl groups excluding tert-OH is 1. The Morgan fingerprint density at radius 2 is 2.24 bits per heavy atom. The molecule has 0 spiro atoms. The van der Waals surface area contributed by atoms with Crippen LogP contribution in [0.15, 0.2) is 18.2 Å². The van der Waals surface area contributed by atoms with Crippen LogP contribution in [0.5, 0.6) is 0 Å². The van der Waals surface area contributed by atoms with Crippen LogP contribution >= 0.6 is 24.0 Å². The fourth-order valence-electron chi connectivity index (χ4n) is 2.09. The van der Waals surface area contributed by atoms with Gasteiger partial charge in [0.2, 0.25) is 0 Å². The number of β-amino-alcohol motifs (C(OH)–C–C–N with tert-alkyl or cyclic N) is 1. The molecule has 1 aromatic rings. The molecule has 7 nitrogen and oxygen atoms in total. The molecule has 2 atom stereocenters. The molecule has 116 valence electrons. The number of rotatable bonds is 4. The maximum atomic E-state index is 12.0. The number of nitro groups is 1. The molecule has 1 aromatic carbocycles. The van der Waals surface area contributed by atoms with Crippen LogP contribution in [0.2, 0.25) is 5.02 Å². The lowest BCUT2D eigenvalue weighted by Gasteiger charge is -2.14. The molecule has 1 heterocycles. The monoisotopic (exact) mass is 335 g/mol. The zero-order chi connectivity index (χ0) is 14.7. The van der Waals surface area contributed by atoms with E-state index in [1.165, 1.54) is 12.1 Å². The van der Waals surface area contributed by atoms with Gasteiger partial charge in [0.25, 0.3) is 11.6 Å². The highest BCUT2D eigenvalue weighted by molar-refractivity contribution is 6.31. The second kappa shape index (κ2) is 7.56. The number of nitro benzene ring substituents is 1. The number of benzene rings is 1. The summed E-state index contributed by atoms with van der Waals surface area (Å²) in [4.78, 5) is 22.2. The zero-order valence-corrected chi connectivity index (χ0v) is 12.5. The van der Waals surface area contributed by atoms with Gasteiger partial charge in [-0.05, 0) is 12.1 Å². The highest BCUT2D eigenvalue weighted by Gasteiger charge is 2.26. The number of carbonyl (C=O) groups is 1. The summed E-state index contributed by atoms with van der Waals surface area (Å²) >= 11 is 5.69. The van der Waals surface area contributed by atoms with E-state index in [0.717, 1.165) is 6.07 Å². The normalized spacial score (nSPS) is 20.7. The van der Waals surface area contributed by atoms with Gasteiger partial charge in [-0.2, -0.15) is 0 Å². The summed E-state index contributed by atoms with van der Waals surface area (Å²) in [5.74, 6) is -0.641. The lowest BCUT2D eigenvalue weighted by Crippen LogP contribution is -2.34. The van der Waals surface area contributed by atoms with Gasteiger partial charge in [-0.25, -0.2) is 0 Å². The van der Waals surface area contributed by atoms with Crippen LogP contribution in [0.1, 0.15) is 10.4 Å². The minimum atomic E-state index is -0.646. The van der Waals surface area contributed by atoms with Gasteiger partial charge in [-0.1, -0.05) is 11.6 Å². The second-order valence-corrected chi connectivity index (χ2v) is 5.05. The molecule has 21 heavy (non-hydrogen) atoms. The van der Waals surface area contributed by atoms with Gasteiger partial charge in [-0.15, -0.1) is 12.4 Å². The van der Waals surface area contributed by atoms with Gasteiger partial charge in [-0.3, -0.25) is 14.9 Å². The van der Waals surface area contributed by atoms with E-state index in [2.05, 4.69) is 10.6 Å². The lowest BCUT2D eigenvalue weighted by molar-refractivity contribution is -0.385. The molecule has 1 fully saturated rings. The van der Waals surface area contributed by atoms with Crippen LogP contribution in [0.25, 0.3) is 0 Å². The summed E-state index contributed by atoms with van der Waals surface area (Å²) in [5.41, 5.74) is -0.375. The molecule has 1 aliphatic heterocycles. The summed E-state index contributed by atoms with van der Waals surface area (Å²) in [6, 6.07) is 3.89. The minimum Gasteiger partial charge on any atom is -0.391 e. The molecule has 0 aliphatic carbocycles. The average molecular weight is 336 g/mol. The van der Waals surface area contributed by atoms with Gasteiger partial charge >= 0.3 is 0 Å². The first-order valence-corrected chi connectivity index (χ1v) is 6.47. The van der Waals surface area contributed by atoms with Crippen molar-refractivity contribution in [3.8, 4) is 0 Å². The van der Waals surface area contributed by atoms with E-state index < -0.39 is 16.9 Å². The second-order valence-electron chi connectivity index (χ2n) is 4.61. The van der Waals surface area contributed by atoms with Crippen molar-refractivity contribution in [2.24, 2.45) is 5.92 Å². The van der Waals surface area contributed by atoms with Gasteiger partial charge in [0.05, 0.1) is 11.0 Å². The van der Waals surface area contributed by atoms with Gasteiger partial charge in [0.15, 0.2) is 0 Å². The summed E-state index contributed by atoms with van der Waals surface area (Å²) < 4.78 is 0. The predicted octanol–water partition coefficient (Wildman–Crippen LogP) is 0.980. The Morgan fingerprint density at radius 1 is 1.52 bits per heavy atom. The molecule has 2 rings (SSSR count). The summed E-state index contributed by atoms with van der Waals surface area (Å²) in [6.07, 6.45) is -0.518. The predicted molar refractivity (Wildman–Crippen MR) is 80.1 cm³/mol. The first-order valence-electron chi connectivity index (χ1n) is 6.10. The lowest BCUT2D eigenvalue weighted by atomic mass is 10.1. The Labute approximate surface area is 132 Å². The van der Waals surface area contributed by atoms with Crippen LogP contribution in [0.4, 0.5) is 5.69 Å². The summed E-state index contributed by atoms with van der Waals surface area (Å²) in [5, 5.41) is 26.3. The number of hydrogen-bond donors (Lipinski definition) is 3. The van der Waals surface area contributed by atoms with Crippen molar-refractivity contribution >= 4 is 35.6 Å². The number of hydrogen-bond acceptors (Lipinski definition) is 5. The number of halogens is 2. The van der Waals surface area contributed by atoms with Crippen molar-refractivity contribution in [2.75, 3.05) is 19.6 Å². The van der Waals surface area contributed by atoms with Crippen molar-refractivity contribution in [1.82, 2.24) is 10.6 Å². The van der Waals surface area contributed by atoms with E-state index in [-0.39, 0.29) is 41.1 Å². The zero-order valence-electron chi connectivity index (χ0n) is 10.9. The van der Waals surface area contributed by atoms with Crippen molar-refractivity contribution in [3.63, 3.8) is 0 Å². The van der Waals surface area contributed by atoms with E-state index in [0.29, 0.717) is 13.1 Å². The molecular weight excluding hydrogens is 321 g/mol. The Kier molecular flexibility index (Phi) is 6.35. The van der Waals surface area contributed by atoms with Gasteiger partial charge < -0.3 is 15.7 Å². The van der Waals surface area contributed by atoms with Crippen LogP contribution in [-0.2, 0) is 0 Å². The van der Waals surface area contributed by atoms with Crippen LogP contribution in [0.3, 0.4) is 0 Å². The number of nitrogens with zero attached hydrogens (tertiary/aromatic N) is 1. The van der Waals surface area contributed by atoms with Gasteiger partial charge in [0, 0.05) is 36.6 Å². The van der Waals surface area contributed by atoms with E-state index in [1.807, 2.05) is 0 Å². The highest BCUT2D eigenvalue weighted by atomic mass is 35.5. The quantitative estimate of drug-likeness (QED) is 0.562. The molecule has 1 amide bonds. The largest absolute Gasteiger partial charge is 0.391 e. The number of amides is 1. The smallest absolute Gasteiger partial charge is 0.283 e. The third-order valence-corrected chi connectivity index (χ3v) is 3.47. The van der Waals surface area contributed by atoms with E-state index in [9.17, 15) is 20.0 Å². The fourth-order valence-corrected chi connectivity index (χ4v) is 2.26. The number of carbonyl (C=O) groups excluding carboxylic acids is 1. The van der Waals surface area contributed by atoms with Crippen LogP contribution in [-0.4, -0.2) is 41.7 Å². The molecule has 1 saturated heterocycles. The van der Waals surface area contributed by atoms with Crippen molar-refractivity contribution in [2.45, 2.75) is 6.10 Å². The van der Waals surface area contributed by atoms with Crippen molar-refractivity contribution in [1.29, 1.82) is 0 Å². The number of nitrogens with one attached hydrogen (secondary N) is 2. The molecule has 0 radical (unpaired) electrons. The molecule has 2 unspecified atom stereocenters. The van der Waals surface area contributed by atoms with E-state index in [1.54, 1.807) is 0 Å². The first kappa shape index (κ1) is 17.6. The van der Waals surface area contributed by atoms with E-state index >= 15 is 0 Å². The molecule has 0 saturated carbocycles. The van der Waals surface area contributed by atoms with Gasteiger partial charge in [0.1, 0.15) is 5.56 Å². The van der Waals surface area contributed by atoms with Crippen LogP contribution in [0, 0.1) is 16.0 Å². The standard InChI is InChI=1S/C12H14ClN3O4.ClH/c13-8-1-2-9(10(3-8)16(19)20)12(18)15-5-7-4-14-6-11(7)17;/h1-3,7,11,14,17H,4-6H2,(H,15,18);1H. The van der Waals surface area contributed by atoms with Crippen molar-refractivity contribution < 1.29 is 14.8 Å². The van der Waals surface area contributed by atoms with E-state index in [4.69, 9.17) is 11.6 Å². The first-order chi connectivity index (χ1) is 9.49. The minimum absolute atomic E-state index is 0. The third-order valence-electron chi connectivity index (χ3n) is 3.23. The van der Waals surface area contributed by atoms with Crippen LogP contribution < -0.4 is 10.6 Å². The summed E-state index contributed by atoms with van der Waals surface area (Å²) in [7, 11) is 0. The Balaban J connectivity index is 0.00000220. The third kappa shape index (κ3) is 4.28. The maximum Gasteiger partial charge on any atom is 0.283 e. The molecule has 0 bridgehead atoms. The molecular formula is C12H15Cl2N3O4. The SMILES string of the molecule is Cl.O=C(NCC1CNCC1O)c1ccc(Cl)cc1[N+](=O)[O-]. The highest BCUT2D eigenvalue weighted by Crippen LogP contribution is 2.23. The summed E-state index contributed by atoms with van der Waals surface area (Å²) in [6.45, 7) is 1.35.